The second-order valence-electron chi connectivity index (χ2n) is 4.04. The summed E-state index contributed by atoms with van der Waals surface area (Å²) in [5, 5.41) is 3.73. The molecule has 0 aromatic heterocycles. The lowest BCUT2D eigenvalue weighted by Gasteiger charge is -2.27. The molecule has 0 unspecified atom stereocenters. The highest BCUT2D eigenvalue weighted by atomic mass is 32.1. The van der Waals surface area contributed by atoms with Crippen molar-refractivity contribution in [3.8, 4) is 0 Å². The lowest BCUT2D eigenvalue weighted by atomic mass is 9.89. The van der Waals surface area contributed by atoms with Crippen molar-refractivity contribution in [3.05, 3.63) is 35.9 Å². The molecule has 1 fully saturated rings. The maximum atomic E-state index is 5.69. The molecule has 2 nitrogen and oxygen atoms in total. The molecule has 1 aromatic carbocycles. The van der Waals surface area contributed by atoms with Crippen molar-refractivity contribution in [2.45, 2.75) is 31.9 Å². The Hall–Kier alpha value is -1.09. The summed E-state index contributed by atoms with van der Waals surface area (Å²) in [5.74, 6) is 0. The first-order valence-electron chi connectivity index (χ1n) is 5.20. The fourth-order valence-electron chi connectivity index (χ4n) is 1.93. The van der Waals surface area contributed by atoms with Crippen LogP contribution in [0.1, 0.15) is 31.9 Å². The predicted octanol–water partition coefficient (Wildman–Crippen LogP) is 2.80. The summed E-state index contributed by atoms with van der Waals surface area (Å²) < 4.78 is 5.69. The van der Waals surface area contributed by atoms with Crippen LogP contribution in [-0.4, -0.2) is 10.8 Å². The zero-order valence-electron chi connectivity index (χ0n) is 8.99. The van der Waals surface area contributed by atoms with Gasteiger partial charge in [-0.15, -0.1) is 0 Å². The Kier molecular flexibility index (Phi) is 2.65. The molecular formula is C12H15NOS. The normalized spacial score (nSPS) is 29.7. The molecule has 1 N–H and O–H groups in total. The third-order valence-electron chi connectivity index (χ3n) is 3.03. The molecule has 1 heterocycles. The molecule has 2 atom stereocenters. The van der Waals surface area contributed by atoms with E-state index >= 15 is 0 Å². The Labute approximate surface area is 95.6 Å². The van der Waals surface area contributed by atoms with Gasteiger partial charge in [-0.1, -0.05) is 37.3 Å². The summed E-state index contributed by atoms with van der Waals surface area (Å²) in [4.78, 5) is 0. The van der Waals surface area contributed by atoms with Gasteiger partial charge in [0.2, 0.25) is 0 Å². The van der Waals surface area contributed by atoms with Gasteiger partial charge < -0.3 is 10.1 Å². The van der Waals surface area contributed by atoms with E-state index in [9.17, 15) is 0 Å². The molecule has 1 saturated heterocycles. The first-order chi connectivity index (χ1) is 7.15. The number of nitrogens with one attached hydrogen (secondary N) is 1. The van der Waals surface area contributed by atoms with Crippen LogP contribution in [0.3, 0.4) is 0 Å². The molecule has 0 radical (unpaired) electrons. The van der Waals surface area contributed by atoms with Gasteiger partial charge in [0.1, 0.15) is 5.60 Å². The molecule has 80 valence electrons. The molecule has 0 bridgehead atoms. The first-order valence-corrected chi connectivity index (χ1v) is 5.61. The van der Waals surface area contributed by atoms with Crippen LogP contribution in [0.15, 0.2) is 30.3 Å². The third kappa shape index (κ3) is 1.84. The van der Waals surface area contributed by atoms with Crippen LogP contribution in [-0.2, 0) is 4.74 Å². The molecule has 0 spiro atoms. The van der Waals surface area contributed by atoms with Gasteiger partial charge in [-0.05, 0) is 31.1 Å². The van der Waals surface area contributed by atoms with E-state index in [4.69, 9.17) is 17.0 Å². The lowest BCUT2D eigenvalue weighted by molar-refractivity contribution is 0.0806. The van der Waals surface area contributed by atoms with E-state index in [0.717, 1.165) is 6.42 Å². The number of benzene rings is 1. The van der Waals surface area contributed by atoms with E-state index < -0.39 is 0 Å². The maximum absolute atomic E-state index is 5.69. The van der Waals surface area contributed by atoms with Gasteiger partial charge in [0.15, 0.2) is 0 Å². The van der Waals surface area contributed by atoms with Gasteiger partial charge >= 0.3 is 0 Å². The number of thiocarbonyl (C=S) groups is 1. The Morgan fingerprint density at radius 1 is 1.40 bits per heavy atom. The Bertz CT molecular complexity index is 365. The zero-order valence-corrected chi connectivity index (χ0v) is 9.80. The molecular weight excluding hydrogens is 206 g/mol. The van der Waals surface area contributed by atoms with E-state index in [0.29, 0.717) is 5.17 Å². The van der Waals surface area contributed by atoms with Gasteiger partial charge in [0, 0.05) is 0 Å². The van der Waals surface area contributed by atoms with E-state index in [1.807, 2.05) is 18.2 Å². The standard InChI is InChI=1S/C12H15NOS/c1-3-12(2)10(13-11(15)14-12)9-7-5-4-6-8-9/h4-8,10H,3H2,1-2H3,(H,13,15)/t10-,12+/m0/s1. The van der Waals surface area contributed by atoms with Crippen LogP contribution >= 0.6 is 12.2 Å². The fourth-order valence-corrected chi connectivity index (χ4v) is 2.24. The smallest absolute Gasteiger partial charge is 0.257 e. The van der Waals surface area contributed by atoms with Crippen LogP contribution < -0.4 is 5.32 Å². The largest absolute Gasteiger partial charge is 0.462 e. The van der Waals surface area contributed by atoms with Crippen LogP contribution in [0.5, 0.6) is 0 Å². The van der Waals surface area contributed by atoms with Crippen molar-refractivity contribution in [3.63, 3.8) is 0 Å². The summed E-state index contributed by atoms with van der Waals surface area (Å²) in [6.07, 6.45) is 0.930. The van der Waals surface area contributed by atoms with Crippen molar-refractivity contribution in [1.29, 1.82) is 0 Å². The average molecular weight is 221 g/mol. The van der Waals surface area contributed by atoms with Gasteiger partial charge in [-0.2, -0.15) is 0 Å². The van der Waals surface area contributed by atoms with E-state index in [1.165, 1.54) is 5.56 Å². The van der Waals surface area contributed by atoms with Crippen LogP contribution in [0.2, 0.25) is 0 Å². The highest BCUT2D eigenvalue weighted by molar-refractivity contribution is 7.80. The number of hydrogen-bond donors (Lipinski definition) is 1. The van der Waals surface area contributed by atoms with Crippen LogP contribution in [0.4, 0.5) is 0 Å². The Morgan fingerprint density at radius 3 is 2.67 bits per heavy atom. The molecule has 1 aromatic rings. The predicted molar refractivity (Wildman–Crippen MR) is 64.7 cm³/mol. The van der Waals surface area contributed by atoms with E-state index in [2.05, 4.69) is 31.3 Å². The zero-order chi connectivity index (χ0) is 10.9. The summed E-state index contributed by atoms with van der Waals surface area (Å²) in [5.41, 5.74) is 1.00. The summed E-state index contributed by atoms with van der Waals surface area (Å²) in [6, 6.07) is 10.5. The molecule has 0 saturated carbocycles. The van der Waals surface area contributed by atoms with Gasteiger partial charge in [-0.3, -0.25) is 0 Å². The number of ether oxygens (including phenoxy) is 1. The van der Waals surface area contributed by atoms with Crippen molar-refractivity contribution < 1.29 is 4.74 Å². The van der Waals surface area contributed by atoms with Gasteiger partial charge in [0.25, 0.3) is 5.17 Å². The lowest BCUT2D eigenvalue weighted by Crippen LogP contribution is -2.32. The minimum atomic E-state index is -0.224. The molecule has 0 amide bonds. The van der Waals surface area contributed by atoms with Gasteiger partial charge in [-0.25, -0.2) is 0 Å². The first kappa shape index (κ1) is 10.4. The van der Waals surface area contributed by atoms with Crippen molar-refractivity contribution >= 4 is 17.4 Å². The number of rotatable bonds is 2. The maximum Gasteiger partial charge on any atom is 0.257 e. The quantitative estimate of drug-likeness (QED) is 0.776. The SMILES string of the molecule is CC[C@@]1(C)OC(=S)N[C@H]1c1ccccc1. The summed E-state index contributed by atoms with van der Waals surface area (Å²) in [7, 11) is 0. The molecule has 15 heavy (non-hydrogen) atoms. The van der Waals surface area contributed by atoms with Gasteiger partial charge in [0.05, 0.1) is 6.04 Å². The molecule has 2 rings (SSSR count). The Morgan fingerprint density at radius 2 is 2.07 bits per heavy atom. The molecule has 0 aliphatic carbocycles. The fraction of sp³-hybridized carbons (Fsp3) is 0.417. The second kappa shape index (κ2) is 3.81. The van der Waals surface area contributed by atoms with Crippen LogP contribution in [0, 0.1) is 0 Å². The van der Waals surface area contributed by atoms with E-state index in [-0.39, 0.29) is 11.6 Å². The number of hydrogen-bond acceptors (Lipinski definition) is 2. The van der Waals surface area contributed by atoms with Crippen molar-refractivity contribution in [2.24, 2.45) is 0 Å². The molecule has 1 aliphatic rings. The molecule has 1 aliphatic heterocycles. The minimum Gasteiger partial charge on any atom is -0.462 e. The van der Waals surface area contributed by atoms with Crippen molar-refractivity contribution in [1.82, 2.24) is 5.32 Å². The van der Waals surface area contributed by atoms with E-state index in [1.54, 1.807) is 0 Å². The monoisotopic (exact) mass is 221 g/mol. The highest BCUT2D eigenvalue weighted by Gasteiger charge is 2.42. The Balaban J connectivity index is 2.33. The molecule has 3 heteroatoms. The topological polar surface area (TPSA) is 21.3 Å². The minimum absolute atomic E-state index is 0.163. The summed E-state index contributed by atoms with van der Waals surface area (Å²) in [6.45, 7) is 4.21. The third-order valence-corrected chi connectivity index (χ3v) is 3.23. The second-order valence-corrected chi connectivity index (χ2v) is 4.41. The summed E-state index contributed by atoms with van der Waals surface area (Å²) >= 11 is 5.08. The average Bonchev–Trinajstić information content (AvgIpc) is 2.56. The highest BCUT2D eigenvalue weighted by Crippen LogP contribution is 2.36. The van der Waals surface area contributed by atoms with Crippen molar-refractivity contribution in [2.75, 3.05) is 0 Å². The van der Waals surface area contributed by atoms with Crippen LogP contribution in [0.25, 0.3) is 0 Å².